The Morgan fingerprint density at radius 3 is 1.85 bits per heavy atom. The number of carbonyl (C=O) groups is 1. The molecule has 5 heteroatoms. The van der Waals surface area contributed by atoms with E-state index < -0.39 is 6.09 Å². The monoisotopic (exact) mass is 374 g/mol. The van der Waals surface area contributed by atoms with Crippen molar-refractivity contribution in [1.29, 1.82) is 0 Å². The second-order valence-electron chi connectivity index (χ2n) is 4.66. The molecule has 20 heavy (non-hydrogen) atoms. The van der Waals surface area contributed by atoms with E-state index in [1.54, 1.807) is 11.8 Å². The van der Waals surface area contributed by atoms with E-state index in [0.717, 1.165) is 32.3 Å². The first kappa shape index (κ1) is 15.1. The molecule has 1 heterocycles. The third-order valence-electron chi connectivity index (χ3n) is 3.12. The number of rotatable bonds is 0. The minimum Gasteiger partial charge on any atom is -0.464 e. The Morgan fingerprint density at radius 1 is 1.00 bits per heavy atom. The van der Waals surface area contributed by atoms with Crippen LogP contribution in [0.25, 0.3) is 0 Å². The Bertz CT molecular complexity index is 636. The van der Waals surface area contributed by atoms with E-state index in [-0.39, 0.29) is 19.5 Å². The molecule has 1 aliphatic heterocycles. The molecule has 1 N–H and O–H groups in total. The molecule has 0 saturated heterocycles. The van der Waals surface area contributed by atoms with Crippen LogP contribution < -0.4 is 4.90 Å². The number of benzene rings is 2. The number of aryl methyl sites for hydroxylation is 2. The van der Waals surface area contributed by atoms with Gasteiger partial charge in [-0.25, -0.2) is 9.69 Å². The van der Waals surface area contributed by atoms with Crippen molar-refractivity contribution in [2.24, 2.45) is 0 Å². The predicted molar refractivity (Wildman–Crippen MR) is 76.6 cm³/mol. The zero-order valence-corrected chi connectivity index (χ0v) is 13.5. The van der Waals surface area contributed by atoms with Crippen molar-refractivity contribution in [3.8, 4) is 0 Å². The van der Waals surface area contributed by atoms with Crippen LogP contribution >= 0.6 is 11.8 Å². The number of nitrogens with zero attached hydrogens (tertiary/aromatic N) is 1. The third-order valence-corrected chi connectivity index (χ3v) is 4.25. The second kappa shape index (κ2) is 5.59. The Labute approximate surface area is 134 Å². The summed E-state index contributed by atoms with van der Waals surface area (Å²) in [5, 5.41) is 9.53. The van der Waals surface area contributed by atoms with E-state index in [4.69, 9.17) is 0 Å². The summed E-state index contributed by atoms with van der Waals surface area (Å²) in [6.07, 6.45) is -0.945. The first-order chi connectivity index (χ1) is 9.06. The molecule has 3 nitrogen and oxygen atoms in total. The number of anilines is 2. The van der Waals surface area contributed by atoms with Gasteiger partial charge in [-0.15, -0.1) is 0 Å². The zero-order chi connectivity index (χ0) is 13.6. The van der Waals surface area contributed by atoms with Crippen molar-refractivity contribution < 1.29 is 29.4 Å². The molecular weight excluding hydrogens is 361 g/mol. The van der Waals surface area contributed by atoms with Gasteiger partial charge in [-0.1, -0.05) is 23.9 Å². The fraction of sp³-hybridized carbons (Fsp3) is 0.133. The Balaban J connectivity index is 0.00000147. The molecule has 0 spiro atoms. The predicted octanol–water partition coefficient (Wildman–Crippen LogP) is 4.58. The third kappa shape index (κ3) is 2.48. The molecule has 0 atom stereocenters. The van der Waals surface area contributed by atoms with Gasteiger partial charge in [0.05, 0.1) is 11.4 Å². The molecule has 0 aromatic heterocycles. The molecule has 1 aliphatic rings. The number of carboxylic acid groups (broad SMARTS) is 1. The van der Waals surface area contributed by atoms with Crippen LogP contribution in [0.2, 0.25) is 0 Å². The van der Waals surface area contributed by atoms with Gasteiger partial charge in [-0.05, 0) is 49.2 Å². The van der Waals surface area contributed by atoms with Crippen molar-refractivity contribution >= 4 is 29.2 Å². The maximum absolute atomic E-state index is 11.6. The van der Waals surface area contributed by atoms with Gasteiger partial charge in [-0.2, -0.15) is 0 Å². The summed E-state index contributed by atoms with van der Waals surface area (Å²) in [7, 11) is 0. The normalized spacial score (nSPS) is 12.2. The molecule has 105 valence electrons. The van der Waals surface area contributed by atoms with Gasteiger partial charge < -0.3 is 5.11 Å². The molecule has 2 aromatic carbocycles. The minimum absolute atomic E-state index is 0. The van der Waals surface area contributed by atoms with E-state index in [2.05, 4.69) is 0 Å². The number of fused-ring (bicyclic) bond motifs is 2. The van der Waals surface area contributed by atoms with Crippen molar-refractivity contribution in [2.75, 3.05) is 4.90 Å². The topological polar surface area (TPSA) is 40.5 Å². The SMILES string of the molecule is Cc1ccc2c(c1)N(C(=O)O)c1cc(C)ccc1S2.[Rh]. The van der Waals surface area contributed by atoms with Crippen LogP contribution in [-0.2, 0) is 19.5 Å². The van der Waals surface area contributed by atoms with Gasteiger partial charge in [0, 0.05) is 29.3 Å². The maximum Gasteiger partial charge on any atom is 0.416 e. The van der Waals surface area contributed by atoms with Crippen LogP contribution in [0.5, 0.6) is 0 Å². The summed E-state index contributed by atoms with van der Waals surface area (Å²) < 4.78 is 0. The summed E-state index contributed by atoms with van der Waals surface area (Å²) in [6.45, 7) is 3.94. The van der Waals surface area contributed by atoms with Crippen molar-refractivity contribution in [1.82, 2.24) is 0 Å². The minimum atomic E-state index is -0.945. The quantitative estimate of drug-likeness (QED) is 0.687. The molecule has 3 rings (SSSR count). The standard InChI is InChI=1S/C15H13NO2S.Rh/c1-9-3-5-13-11(7-9)16(15(17)18)12-8-10(2)4-6-14(12)19-13;/h3-8H,1-2H3,(H,17,18);. The van der Waals surface area contributed by atoms with Gasteiger partial charge >= 0.3 is 6.09 Å². The van der Waals surface area contributed by atoms with Crippen LogP contribution in [0.15, 0.2) is 46.2 Å². The van der Waals surface area contributed by atoms with E-state index >= 15 is 0 Å². The van der Waals surface area contributed by atoms with Crippen LogP contribution in [-0.4, -0.2) is 11.2 Å². The number of amides is 1. The summed E-state index contributed by atoms with van der Waals surface area (Å²) in [4.78, 5) is 14.9. The molecular formula is C15H13NO2RhS. The Hall–Kier alpha value is -1.32. The Kier molecular flexibility index (Phi) is 4.21. The molecule has 0 fully saturated rings. The summed E-state index contributed by atoms with van der Waals surface area (Å²) in [6, 6.07) is 11.8. The van der Waals surface area contributed by atoms with Crippen molar-refractivity contribution in [3.63, 3.8) is 0 Å². The maximum atomic E-state index is 11.6. The molecule has 0 saturated carbocycles. The Morgan fingerprint density at radius 2 is 1.45 bits per heavy atom. The van der Waals surface area contributed by atoms with Gasteiger partial charge in [-0.3, -0.25) is 0 Å². The van der Waals surface area contributed by atoms with E-state index in [0.29, 0.717) is 0 Å². The zero-order valence-electron chi connectivity index (χ0n) is 11.0. The summed E-state index contributed by atoms with van der Waals surface area (Å²) in [5.41, 5.74) is 3.61. The average Bonchev–Trinajstić information content (AvgIpc) is 2.35. The molecule has 1 amide bonds. The molecule has 0 unspecified atom stereocenters. The van der Waals surface area contributed by atoms with Crippen LogP contribution in [0.4, 0.5) is 16.2 Å². The van der Waals surface area contributed by atoms with Crippen LogP contribution in [0, 0.1) is 13.8 Å². The molecule has 0 bridgehead atoms. The van der Waals surface area contributed by atoms with Crippen molar-refractivity contribution in [3.05, 3.63) is 47.5 Å². The first-order valence-electron chi connectivity index (χ1n) is 5.98. The largest absolute Gasteiger partial charge is 0.464 e. The van der Waals surface area contributed by atoms with Gasteiger partial charge in [0.25, 0.3) is 0 Å². The fourth-order valence-corrected chi connectivity index (χ4v) is 3.25. The molecule has 0 aliphatic carbocycles. The van der Waals surface area contributed by atoms with Crippen LogP contribution in [0.3, 0.4) is 0 Å². The van der Waals surface area contributed by atoms with Gasteiger partial charge in [0.1, 0.15) is 0 Å². The van der Waals surface area contributed by atoms with Crippen LogP contribution in [0.1, 0.15) is 11.1 Å². The van der Waals surface area contributed by atoms with E-state index in [1.807, 2.05) is 50.2 Å². The van der Waals surface area contributed by atoms with Gasteiger partial charge in [0.2, 0.25) is 0 Å². The van der Waals surface area contributed by atoms with E-state index in [1.165, 1.54) is 4.90 Å². The molecule has 1 radical (unpaired) electrons. The van der Waals surface area contributed by atoms with Crippen molar-refractivity contribution in [2.45, 2.75) is 23.6 Å². The smallest absolute Gasteiger partial charge is 0.416 e. The average molecular weight is 374 g/mol. The van der Waals surface area contributed by atoms with Gasteiger partial charge in [0.15, 0.2) is 0 Å². The first-order valence-corrected chi connectivity index (χ1v) is 6.80. The summed E-state index contributed by atoms with van der Waals surface area (Å²) in [5.74, 6) is 0. The summed E-state index contributed by atoms with van der Waals surface area (Å²) >= 11 is 1.62. The van der Waals surface area contributed by atoms with E-state index in [9.17, 15) is 9.90 Å². The number of hydrogen-bond donors (Lipinski definition) is 1. The number of hydrogen-bond acceptors (Lipinski definition) is 2. The second-order valence-corrected chi connectivity index (χ2v) is 5.75. The molecule has 2 aromatic rings. The fourth-order valence-electron chi connectivity index (χ4n) is 2.23.